The fourth-order valence-electron chi connectivity index (χ4n) is 1.81. The molecule has 3 N–H and O–H groups in total. The number of aryl methyl sites for hydroxylation is 1. The molecule has 0 amide bonds. The van der Waals surface area contributed by atoms with Gasteiger partial charge in [-0.15, -0.1) is 0 Å². The molecule has 1 aromatic rings. The van der Waals surface area contributed by atoms with E-state index in [1.54, 1.807) is 7.11 Å². The molecule has 0 saturated heterocycles. The fraction of sp³-hybridized carbons (Fsp3) is 0.571. The van der Waals surface area contributed by atoms with Crippen molar-refractivity contribution in [2.75, 3.05) is 25.6 Å². The van der Waals surface area contributed by atoms with Crippen LogP contribution in [0.25, 0.3) is 0 Å². The van der Waals surface area contributed by atoms with Crippen LogP contribution in [0.3, 0.4) is 0 Å². The van der Waals surface area contributed by atoms with E-state index in [-0.39, 0.29) is 6.61 Å². The van der Waals surface area contributed by atoms with Gasteiger partial charge in [0.15, 0.2) is 0 Å². The van der Waals surface area contributed by atoms with Gasteiger partial charge in [0.05, 0.1) is 19.8 Å². The van der Waals surface area contributed by atoms with Gasteiger partial charge in [0.1, 0.15) is 5.75 Å². The van der Waals surface area contributed by atoms with Crippen LogP contribution in [0, 0.1) is 6.92 Å². The van der Waals surface area contributed by atoms with Gasteiger partial charge in [-0.1, -0.05) is 13.8 Å². The van der Waals surface area contributed by atoms with Crippen molar-refractivity contribution in [3.63, 3.8) is 0 Å². The highest BCUT2D eigenvalue weighted by Gasteiger charge is 2.11. The molecule has 0 fully saturated rings. The molecule has 4 heteroatoms. The van der Waals surface area contributed by atoms with Crippen molar-refractivity contribution in [3.8, 4) is 5.75 Å². The van der Waals surface area contributed by atoms with Crippen molar-refractivity contribution in [2.24, 2.45) is 0 Å². The first-order chi connectivity index (χ1) is 8.49. The molecule has 0 bridgehead atoms. The van der Waals surface area contributed by atoms with Crippen LogP contribution in [0.15, 0.2) is 12.1 Å². The number of hydrogen-bond acceptors (Lipinski definition) is 4. The third-order valence-corrected chi connectivity index (χ3v) is 2.94. The standard InChI is InChI=1S/C14H23NO3/c1-9(2)12-6-13(15-7-11(17)8-16)10(3)5-14(12)18-4/h5-6,9,11,15-17H,7-8H2,1-4H3. The normalized spacial score (nSPS) is 12.6. The first kappa shape index (κ1) is 14.8. The lowest BCUT2D eigenvalue weighted by Crippen LogP contribution is -2.23. The average molecular weight is 253 g/mol. The molecule has 0 saturated carbocycles. The molecule has 0 radical (unpaired) electrons. The van der Waals surface area contributed by atoms with Crippen LogP contribution in [0.5, 0.6) is 5.75 Å². The number of ether oxygens (including phenoxy) is 1. The number of hydrogen-bond donors (Lipinski definition) is 3. The van der Waals surface area contributed by atoms with Crippen LogP contribution in [0.2, 0.25) is 0 Å². The van der Waals surface area contributed by atoms with Crippen LogP contribution in [0.4, 0.5) is 5.69 Å². The smallest absolute Gasteiger partial charge is 0.122 e. The Hall–Kier alpha value is -1.26. The largest absolute Gasteiger partial charge is 0.496 e. The highest BCUT2D eigenvalue weighted by Crippen LogP contribution is 2.31. The van der Waals surface area contributed by atoms with E-state index in [2.05, 4.69) is 19.2 Å². The van der Waals surface area contributed by atoms with Crippen molar-refractivity contribution < 1.29 is 14.9 Å². The zero-order valence-corrected chi connectivity index (χ0v) is 11.5. The van der Waals surface area contributed by atoms with E-state index in [4.69, 9.17) is 9.84 Å². The molecule has 0 aliphatic heterocycles. The number of aliphatic hydroxyl groups excluding tert-OH is 2. The predicted molar refractivity (Wildman–Crippen MR) is 73.4 cm³/mol. The lowest BCUT2D eigenvalue weighted by atomic mass is 9.99. The van der Waals surface area contributed by atoms with Gasteiger partial charge in [-0.25, -0.2) is 0 Å². The molecule has 0 aliphatic carbocycles. The number of methoxy groups -OCH3 is 1. The quantitative estimate of drug-likeness (QED) is 0.724. The van der Waals surface area contributed by atoms with Gasteiger partial charge in [0, 0.05) is 12.2 Å². The Bertz CT molecular complexity index is 391. The molecule has 0 aromatic heterocycles. The Labute approximate surface area is 109 Å². The van der Waals surface area contributed by atoms with Crippen molar-refractivity contribution in [3.05, 3.63) is 23.3 Å². The molecule has 0 heterocycles. The second-order valence-electron chi connectivity index (χ2n) is 4.78. The van der Waals surface area contributed by atoms with Gasteiger partial charge >= 0.3 is 0 Å². The maximum atomic E-state index is 9.35. The zero-order valence-electron chi connectivity index (χ0n) is 11.5. The molecule has 1 aromatic carbocycles. The maximum absolute atomic E-state index is 9.35. The predicted octanol–water partition coefficient (Wildman–Crippen LogP) is 1.89. The van der Waals surface area contributed by atoms with E-state index in [9.17, 15) is 5.11 Å². The zero-order chi connectivity index (χ0) is 13.7. The topological polar surface area (TPSA) is 61.7 Å². The molecule has 0 spiro atoms. The second kappa shape index (κ2) is 6.61. The number of aliphatic hydroxyl groups is 2. The van der Waals surface area contributed by atoms with Crippen LogP contribution in [-0.4, -0.2) is 36.6 Å². The third kappa shape index (κ3) is 3.62. The fourth-order valence-corrected chi connectivity index (χ4v) is 1.81. The van der Waals surface area contributed by atoms with E-state index in [1.165, 1.54) is 0 Å². The number of benzene rings is 1. The lowest BCUT2D eigenvalue weighted by Gasteiger charge is -2.18. The second-order valence-corrected chi connectivity index (χ2v) is 4.78. The van der Waals surface area contributed by atoms with E-state index in [1.807, 2.05) is 19.1 Å². The molecule has 18 heavy (non-hydrogen) atoms. The third-order valence-electron chi connectivity index (χ3n) is 2.94. The van der Waals surface area contributed by atoms with Gasteiger partial charge in [-0.3, -0.25) is 0 Å². The highest BCUT2D eigenvalue weighted by molar-refractivity contribution is 5.58. The summed E-state index contributed by atoms with van der Waals surface area (Å²) in [7, 11) is 1.67. The molecular formula is C14H23NO3. The van der Waals surface area contributed by atoms with E-state index >= 15 is 0 Å². The van der Waals surface area contributed by atoms with Crippen LogP contribution < -0.4 is 10.1 Å². The average Bonchev–Trinajstić information content (AvgIpc) is 2.35. The summed E-state index contributed by atoms with van der Waals surface area (Å²) in [5.41, 5.74) is 3.15. The first-order valence-electron chi connectivity index (χ1n) is 6.20. The van der Waals surface area contributed by atoms with Gasteiger partial charge in [0.2, 0.25) is 0 Å². The maximum Gasteiger partial charge on any atom is 0.122 e. The summed E-state index contributed by atoms with van der Waals surface area (Å²) >= 11 is 0. The first-order valence-corrected chi connectivity index (χ1v) is 6.20. The lowest BCUT2D eigenvalue weighted by molar-refractivity contribution is 0.105. The molecule has 0 aliphatic rings. The van der Waals surface area contributed by atoms with Crippen LogP contribution in [-0.2, 0) is 0 Å². The molecule has 1 rings (SSSR count). The summed E-state index contributed by atoms with van der Waals surface area (Å²) in [4.78, 5) is 0. The van der Waals surface area contributed by atoms with E-state index in [0.717, 1.165) is 22.6 Å². The molecule has 4 nitrogen and oxygen atoms in total. The summed E-state index contributed by atoms with van der Waals surface area (Å²) in [6.45, 7) is 6.31. The van der Waals surface area contributed by atoms with Crippen LogP contribution in [0.1, 0.15) is 30.9 Å². The van der Waals surface area contributed by atoms with Gasteiger partial charge in [0.25, 0.3) is 0 Å². The van der Waals surface area contributed by atoms with Crippen molar-refractivity contribution >= 4 is 5.69 Å². The monoisotopic (exact) mass is 253 g/mol. The summed E-state index contributed by atoms with van der Waals surface area (Å²) in [5.74, 6) is 1.25. The van der Waals surface area contributed by atoms with Crippen LogP contribution >= 0.6 is 0 Å². The number of nitrogens with one attached hydrogen (secondary N) is 1. The Kier molecular flexibility index (Phi) is 5.44. The Morgan fingerprint density at radius 3 is 2.50 bits per heavy atom. The molecule has 1 atom stereocenters. The highest BCUT2D eigenvalue weighted by atomic mass is 16.5. The van der Waals surface area contributed by atoms with Crippen molar-refractivity contribution in [2.45, 2.75) is 32.8 Å². The van der Waals surface area contributed by atoms with Crippen molar-refractivity contribution in [1.29, 1.82) is 0 Å². The summed E-state index contributed by atoms with van der Waals surface area (Å²) < 4.78 is 5.37. The van der Waals surface area contributed by atoms with E-state index < -0.39 is 6.10 Å². The molecular weight excluding hydrogens is 230 g/mol. The van der Waals surface area contributed by atoms with Gasteiger partial charge in [-0.05, 0) is 36.1 Å². The Balaban J connectivity index is 2.95. The summed E-state index contributed by atoms with van der Waals surface area (Å²) in [5, 5.41) is 21.3. The number of rotatable bonds is 6. The minimum Gasteiger partial charge on any atom is -0.496 e. The van der Waals surface area contributed by atoms with Gasteiger partial charge in [-0.2, -0.15) is 0 Å². The minimum atomic E-state index is -0.742. The summed E-state index contributed by atoms with van der Waals surface area (Å²) in [6, 6.07) is 4.03. The Morgan fingerprint density at radius 2 is 2.00 bits per heavy atom. The summed E-state index contributed by atoms with van der Waals surface area (Å²) in [6.07, 6.45) is -0.742. The molecule has 1 unspecified atom stereocenters. The Morgan fingerprint density at radius 1 is 1.33 bits per heavy atom. The minimum absolute atomic E-state index is 0.237. The van der Waals surface area contributed by atoms with Crippen molar-refractivity contribution in [1.82, 2.24) is 0 Å². The van der Waals surface area contributed by atoms with Gasteiger partial charge < -0.3 is 20.3 Å². The number of anilines is 1. The van der Waals surface area contributed by atoms with E-state index in [0.29, 0.717) is 12.5 Å². The SMILES string of the molecule is COc1cc(C)c(NCC(O)CO)cc1C(C)C. The molecule has 102 valence electrons.